The van der Waals surface area contributed by atoms with Crippen LogP contribution < -0.4 is 5.32 Å². The largest absolute Gasteiger partial charge is 0.479 e. The van der Waals surface area contributed by atoms with Gasteiger partial charge in [0.1, 0.15) is 12.2 Å². The lowest BCUT2D eigenvalue weighted by Crippen LogP contribution is -2.52. The Kier molecular flexibility index (Phi) is 13.0. The predicted molar refractivity (Wildman–Crippen MR) is 91.6 cm³/mol. The van der Waals surface area contributed by atoms with Gasteiger partial charge in [-0.2, -0.15) is 0 Å². The molecule has 0 saturated heterocycles. The summed E-state index contributed by atoms with van der Waals surface area (Å²) in [5, 5.41) is 48.3. The van der Waals surface area contributed by atoms with E-state index in [0.29, 0.717) is 0 Å². The number of hydrogen-bond acceptors (Lipinski definition) is 6. The van der Waals surface area contributed by atoms with Gasteiger partial charge in [0.05, 0.1) is 0 Å². The quantitative estimate of drug-likeness (QED) is 0.244. The highest BCUT2D eigenvalue weighted by atomic mass is 16.4. The second-order valence-electron chi connectivity index (χ2n) is 6.03. The Morgan fingerprint density at radius 2 is 1.40 bits per heavy atom. The molecule has 0 rings (SSSR count). The Labute approximate surface area is 148 Å². The molecule has 0 bridgehead atoms. The molecule has 0 saturated carbocycles. The van der Waals surface area contributed by atoms with Crippen LogP contribution in [0.2, 0.25) is 0 Å². The van der Waals surface area contributed by atoms with Crippen molar-refractivity contribution in [3.05, 3.63) is 12.3 Å². The monoisotopic (exact) mass is 361 g/mol. The molecule has 0 heterocycles. The molecule has 0 aliphatic rings. The van der Waals surface area contributed by atoms with E-state index in [9.17, 15) is 24.9 Å². The summed E-state index contributed by atoms with van der Waals surface area (Å²) in [6.07, 6.45) is 3.34. The van der Waals surface area contributed by atoms with Gasteiger partial charge in [0.15, 0.2) is 12.2 Å². The molecule has 0 fully saturated rings. The van der Waals surface area contributed by atoms with E-state index in [2.05, 4.69) is 12.2 Å². The van der Waals surface area contributed by atoms with E-state index in [0.717, 1.165) is 19.3 Å². The highest BCUT2D eigenvalue weighted by Crippen LogP contribution is 2.09. The molecule has 1 amide bonds. The highest BCUT2D eigenvalue weighted by Gasteiger charge is 2.37. The number of allylic oxidation sites excluding steroid dienone is 1. The molecule has 0 unspecified atom stereocenters. The van der Waals surface area contributed by atoms with Crippen LogP contribution in [0.1, 0.15) is 58.3 Å². The van der Waals surface area contributed by atoms with Crippen LogP contribution in [0.4, 0.5) is 0 Å². The number of aliphatic hydroxyl groups excluding tert-OH is 4. The van der Waals surface area contributed by atoms with Crippen LogP contribution in [-0.4, -0.2) is 61.8 Å². The predicted octanol–water partition coefficient (Wildman–Crippen LogP) is 0.285. The van der Waals surface area contributed by atoms with Gasteiger partial charge in [0.2, 0.25) is 0 Å². The summed E-state index contributed by atoms with van der Waals surface area (Å²) in [7, 11) is 0. The lowest BCUT2D eigenvalue weighted by molar-refractivity contribution is -0.166. The topological polar surface area (TPSA) is 147 Å². The second kappa shape index (κ2) is 13.8. The van der Waals surface area contributed by atoms with E-state index in [1.54, 1.807) is 6.08 Å². The SMILES string of the molecule is CCCCCCCCC/C=C/NC(=O)[C@@H](O)[C@H](O)[C@@H](O)[C@@H](O)C(=O)O. The van der Waals surface area contributed by atoms with E-state index < -0.39 is 36.3 Å². The summed E-state index contributed by atoms with van der Waals surface area (Å²) in [4.78, 5) is 22.1. The van der Waals surface area contributed by atoms with E-state index in [-0.39, 0.29) is 0 Å². The number of nitrogens with one attached hydrogen (secondary N) is 1. The third kappa shape index (κ3) is 10.2. The zero-order valence-corrected chi connectivity index (χ0v) is 14.7. The molecule has 0 radical (unpaired) electrons. The Morgan fingerprint density at radius 3 is 1.96 bits per heavy atom. The zero-order chi connectivity index (χ0) is 19.2. The molecule has 4 atom stereocenters. The normalized spacial score (nSPS) is 16.4. The highest BCUT2D eigenvalue weighted by molar-refractivity contribution is 5.82. The molecule has 0 aromatic carbocycles. The number of carbonyl (C=O) groups is 2. The Hall–Kier alpha value is -1.48. The number of amides is 1. The van der Waals surface area contributed by atoms with Crippen LogP contribution >= 0.6 is 0 Å². The van der Waals surface area contributed by atoms with Crippen molar-refractivity contribution in [2.45, 2.75) is 82.7 Å². The number of carbonyl (C=O) groups excluding carboxylic acids is 1. The molecular formula is C17H31NO7. The summed E-state index contributed by atoms with van der Waals surface area (Å²) in [5.41, 5.74) is 0. The first-order valence-corrected chi connectivity index (χ1v) is 8.73. The minimum Gasteiger partial charge on any atom is -0.479 e. The first-order valence-electron chi connectivity index (χ1n) is 8.73. The van der Waals surface area contributed by atoms with Crippen LogP contribution in [0.3, 0.4) is 0 Å². The smallest absolute Gasteiger partial charge is 0.335 e. The van der Waals surface area contributed by atoms with Crippen molar-refractivity contribution in [2.75, 3.05) is 0 Å². The van der Waals surface area contributed by atoms with E-state index in [4.69, 9.17) is 10.2 Å². The minimum atomic E-state index is -2.30. The van der Waals surface area contributed by atoms with Crippen molar-refractivity contribution in [3.63, 3.8) is 0 Å². The van der Waals surface area contributed by atoms with Gasteiger partial charge >= 0.3 is 5.97 Å². The number of hydrogen-bond donors (Lipinski definition) is 6. The average molecular weight is 361 g/mol. The molecule has 0 aliphatic carbocycles. The fraction of sp³-hybridized carbons (Fsp3) is 0.765. The van der Waals surface area contributed by atoms with Crippen molar-refractivity contribution in [1.29, 1.82) is 0 Å². The van der Waals surface area contributed by atoms with E-state index in [1.807, 2.05) is 0 Å². The summed E-state index contributed by atoms with van der Waals surface area (Å²) in [6.45, 7) is 2.17. The third-order valence-electron chi connectivity index (χ3n) is 3.84. The third-order valence-corrected chi connectivity index (χ3v) is 3.84. The molecular weight excluding hydrogens is 330 g/mol. The van der Waals surface area contributed by atoms with Gasteiger partial charge < -0.3 is 30.8 Å². The van der Waals surface area contributed by atoms with Gasteiger partial charge in [-0.1, -0.05) is 51.5 Å². The van der Waals surface area contributed by atoms with Gasteiger partial charge in [-0.05, 0) is 19.0 Å². The van der Waals surface area contributed by atoms with Gasteiger partial charge in [0.25, 0.3) is 5.91 Å². The standard InChI is InChI=1S/C17H31NO7/c1-2-3-4-5-6-7-8-9-10-11-18-16(23)14(21)12(19)13(20)15(22)17(24)25/h10-15,19-22H,2-9H2,1H3,(H,18,23)(H,24,25)/b11-10+/t12-,13-,14+,15-/m1/s1. The molecule has 146 valence electrons. The minimum absolute atomic E-state index is 0.757. The fourth-order valence-electron chi connectivity index (χ4n) is 2.20. The number of unbranched alkanes of at least 4 members (excludes halogenated alkanes) is 7. The first-order chi connectivity index (χ1) is 11.8. The van der Waals surface area contributed by atoms with Crippen molar-refractivity contribution < 1.29 is 35.1 Å². The van der Waals surface area contributed by atoms with Gasteiger partial charge in [-0.3, -0.25) is 4.79 Å². The van der Waals surface area contributed by atoms with E-state index in [1.165, 1.54) is 38.3 Å². The van der Waals surface area contributed by atoms with Crippen LogP contribution in [0.15, 0.2) is 12.3 Å². The second-order valence-corrected chi connectivity index (χ2v) is 6.03. The van der Waals surface area contributed by atoms with Gasteiger partial charge in [-0.25, -0.2) is 4.79 Å². The maximum Gasteiger partial charge on any atom is 0.335 e. The maximum atomic E-state index is 11.6. The first kappa shape index (κ1) is 23.5. The molecule has 6 N–H and O–H groups in total. The molecule has 0 aromatic heterocycles. The Morgan fingerprint density at radius 1 is 0.880 bits per heavy atom. The Balaban J connectivity index is 3.98. The zero-order valence-electron chi connectivity index (χ0n) is 14.7. The van der Waals surface area contributed by atoms with Crippen LogP contribution in [-0.2, 0) is 9.59 Å². The number of aliphatic carboxylic acids is 1. The van der Waals surface area contributed by atoms with Crippen molar-refractivity contribution >= 4 is 11.9 Å². The molecule has 8 nitrogen and oxygen atoms in total. The number of aliphatic hydroxyl groups is 4. The van der Waals surface area contributed by atoms with Crippen molar-refractivity contribution in [1.82, 2.24) is 5.32 Å². The van der Waals surface area contributed by atoms with Gasteiger partial charge in [0, 0.05) is 0 Å². The summed E-state index contributed by atoms with van der Waals surface area (Å²) >= 11 is 0. The lowest BCUT2D eigenvalue weighted by atomic mass is 10.0. The lowest BCUT2D eigenvalue weighted by Gasteiger charge is -2.23. The van der Waals surface area contributed by atoms with Gasteiger partial charge in [-0.15, -0.1) is 0 Å². The maximum absolute atomic E-state index is 11.6. The van der Waals surface area contributed by atoms with Crippen molar-refractivity contribution in [3.8, 4) is 0 Å². The Bertz CT molecular complexity index is 414. The molecule has 25 heavy (non-hydrogen) atoms. The van der Waals surface area contributed by atoms with Crippen molar-refractivity contribution in [2.24, 2.45) is 0 Å². The van der Waals surface area contributed by atoms with Crippen LogP contribution in [0.5, 0.6) is 0 Å². The van der Waals surface area contributed by atoms with E-state index >= 15 is 0 Å². The summed E-state index contributed by atoms with van der Waals surface area (Å²) < 4.78 is 0. The molecule has 0 aromatic rings. The number of carboxylic acid groups (broad SMARTS) is 1. The average Bonchev–Trinajstić information content (AvgIpc) is 2.60. The summed E-state index contributed by atoms with van der Waals surface area (Å²) in [5.74, 6) is -2.77. The molecule has 8 heteroatoms. The summed E-state index contributed by atoms with van der Waals surface area (Å²) in [6, 6.07) is 0. The molecule has 0 aliphatic heterocycles. The van der Waals surface area contributed by atoms with Crippen LogP contribution in [0, 0.1) is 0 Å². The number of carboxylic acids is 1. The van der Waals surface area contributed by atoms with Crippen LogP contribution in [0.25, 0.3) is 0 Å². The number of rotatable bonds is 14. The molecule has 0 spiro atoms. The fourth-order valence-corrected chi connectivity index (χ4v) is 2.20.